The van der Waals surface area contributed by atoms with Crippen LogP contribution in [-0.4, -0.2) is 41.7 Å². The van der Waals surface area contributed by atoms with Gasteiger partial charge in [0, 0.05) is 13.1 Å². The van der Waals surface area contributed by atoms with E-state index in [1.807, 2.05) is 19.1 Å². The molecule has 0 bridgehead atoms. The fourth-order valence-electron chi connectivity index (χ4n) is 2.12. The number of nitrogens with two attached hydrogens (primary N) is 1. The average molecular weight is 264 g/mol. The first kappa shape index (κ1) is 13.7. The number of hydrogen-bond acceptors (Lipinski definition) is 4. The summed E-state index contributed by atoms with van der Waals surface area (Å²) in [4.78, 5) is 13.6. The molecule has 5 nitrogen and oxygen atoms in total. The van der Waals surface area contributed by atoms with Crippen LogP contribution in [0.5, 0.6) is 5.75 Å². The second-order valence-electron chi connectivity index (χ2n) is 5.00. The molecule has 1 aromatic carbocycles. The summed E-state index contributed by atoms with van der Waals surface area (Å²) in [6.07, 6.45) is 0.375. The van der Waals surface area contributed by atoms with Gasteiger partial charge in [-0.1, -0.05) is 19.1 Å². The van der Waals surface area contributed by atoms with Gasteiger partial charge in [-0.3, -0.25) is 4.79 Å². The SMILES string of the molecule is CC1CCN(C(=O)COc2ccccc2N)CC1O. The van der Waals surface area contributed by atoms with Crippen LogP contribution in [0.2, 0.25) is 0 Å². The Labute approximate surface area is 113 Å². The lowest BCUT2D eigenvalue weighted by Crippen LogP contribution is -2.47. The Hall–Kier alpha value is -1.75. The Morgan fingerprint density at radius 1 is 1.53 bits per heavy atom. The third-order valence-electron chi connectivity index (χ3n) is 3.54. The van der Waals surface area contributed by atoms with Crippen LogP contribution < -0.4 is 10.5 Å². The van der Waals surface area contributed by atoms with E-state index in [0.29, 0.717) is 24.5 Å². The molecular weight excluding hydrogens is 244 g/mol. The molecule has 1 amide bonds. The average Bonchev–Trinajstić information content (AvgIpc) is 2.40. The number of aliphatic hydroxyl groups excluding tert-OH is 1. The maximum Gasteiger partial charge on any atom is 0.260 e. The number of nitrogens with zero attached hydrogens (tertiary/aromatic N) is 1. The molecule has 1 aromatic rings. The highest BCUT2D eigenvalue weighted by atomic mass is 16.5. The van der Waals surface area contributed by atoms with E-state index in [-0.39, 0.29) is 18.4 Å². The summed E-state index contributed by atoms with van der Waals surface area (Å²) in [5, 5.41) is 9.77. The van der Waals surface area contributed by atoms with Crippen LogP contribution in [0, 0.1) is 5.92 Å². The van der Waals surface area contributed by atoms with Crippen LogP contribution in [0.4, 0.5) is 5.69 Å². The van der Waals surface area contributed by atoms with Gasteiger partial charge in [-0.25, -0.2) is 0 Å². The number of rotatable bonds is 3. The smallest absolute Gasteiger partial charge is 0.260 e. The number of ether oxygens (including phenoxy) is 1. The Morgan fingerprint density at radius 2 is 2.26 bits per heavy atom. The number of benzene rings is 1. The summed E-state index contributed by atoms with van der Waals surface area (Å²) in [5.74, 6) is 0.644. The second-order valence-corrected chi connectivity index (χ2v) is 5.00. The first-order chi connectivity index (χ1) is 9.08. The highest BCUT2D eigenvalue weighted by Crippen LogP contribution is 2.20. The summed E-state index contributed by atoms with van der Waals surface area (Å²) < 4.78 is 5.42. The highest BCUT2D eigenvalue weighted by Gasteiger charge is 2.27. The van der Waals surface area contributed by atoms with Gasteiger partial charge in [0.25, 0.3) is 5.91 Å². The molecule has 0 radical (unpaired) electrons. The molecule has 2 atom stereocenters. The van der Waals surface area contributed by atoms with E-state index < -0.39 is 6.10 Å². The fourth-order valence-corrected chi connectivity index (χ4v) is 2.12. The molecule has 2 rings (SSSR count). The number of β-amino-alcohol motifs (C(OH)–C–C–N with tert-alkyl or cyclic N) is 1. The zero-order valence-electron chi connectivity index (χ0n) is 11.1. The van der Waals surface area contributed by atoms with Crippen LogP contribution in [-0.2, 0) is 4.79 Å². The van der Waals surface area contributed by atoms with Crippen LogP contribution in [0.15, 0.2) is 24.3 Å². The minimum absolute atomic E-state index is 0.0463. The quantitative estimate of drug-likeness (QED) is 0.795. The standard InChI is InChI=1S/C14H20N2O3/c1-10-6-7-16(8-12(10)17)14(18)9-19-13-5-3-2-4-11(13)15/h2-5,10,12,17H,6-9,15H2,1H3. The van der Waals surface area contributed by atoms with Gasteiger partial charge in [0.05, 0.1) is 11.8 Å². The second kappa shape index (κ2) is 5.93. The molecule has 1 fully saturated rings. The van der Waals surface area contributed by atoms with Crippen molar-refractivity contribution in [2.45, 2.75) is 19.4 Å². The molecule has 0 aliphatic carbocycles. The maximum absolute atomic E-state index is 12.0. The molecule has 0 saturated carbocycles. The number of carbonyl (C=O) groups excluding carboxylic acids is 1. The van der Waals surface area contributed by atoms with E-state index in [4.69, 9.17) is 10.5 Å². The van der Waals surface area contributed by atoms with Gasteiger partial charge >= 0.3 is 0 Å². The molecule has 19 heavy (non-hydrogen) atoms. The molecule has 0 spiro atoms. The molecule has 5 heteroatoms. The highest BCUT2D eigenvalue weighted by molar-refractivity contribution is 5.78. The van der Waals surface area contributed by atoms with Crippen LogP contribution >= 0.6 is 0 Å². The van der Waals surface area contributed by atoms with Gasteiger partial charge in [0.15, 0.2) is 6.61 Å². The molecule has 1 heterocycles. The first-order valence-corrected chi connectivity index (χ1v) is 6.51. The Kier molecular flexibility index (Phi) is 4.27. The predicted octanol–water partition coefficient (Wildman–Crippen LogP) is 0.877. The third-order valence-corrected chi connectivity index (χ3v) is 3.54. The summed E-state index contributed by atoms with van der Waals surface area (Å²) in [6, 6.07) is 7.08. The number of anilines is 1. The van der Waals surface area contributed by atoms with E-state index in [1.54, 1.807) is 17.0 Å². The largest absolute Gasteiger partial charge is 0.482 e. The van der Waals surface area contributed by atoms with Crippen LogP contribution in [0.3, 0.4) is 0 Å². The summed E-state index contributed by atoms with van der Waals surface area (Å²) in [7, 11) is 0. The minimum Gasteiger partial charge on any atom is -0.482 e. The van der Waals surface area contributed by atoms with Gasteiger partial charge < -0.3 is 20.5 Å². The molecule has 2 unspecified atom stereocenters. The third kappa shape index (κ3) is 3.38. The number of hydrogen-bond donors (Lipinski definition) is 2. The van der Waals surface area contributed by atoms with Gasteiger partial charge in [-0.15, -0.1) is 0 Å². The molecular formula is C14H20N2O3. The lowest BCUT2D eigenvalue weighted by molar-refractivity contribution is -0.137. The van der Waals surface area contributed by atoms with Crippen molar-refractivity contribution in [2.75, 3.05) is 25.4 Å². The van der Waals surface area contributed by atoms with Crippen molar-refractivity contribution in [1.82, 2.24) is 4.90 Å². The number of para-hydroxylation sites is 2. The van der Waals surface area contributed by atoms with Crippen molar-refractivity contribution >= 4 is 11.6 Å². The van der Waals surface area contributed by atoms with E-state index in [0.717, 1.165) is 6.42 Å². The van der Waals surface area contributed by atoms with E-state index in [1.165, 1.54) is 0 Å². The minimum atomic E-state index is -0.445. The van der Waals surface area contributed by atoms with E-state index >= 15 is 0 Å². The van der Waals surface area contributed by atoms with Crippen molar-refractivity contribution < 1.29 is 14.6 Å². The topological polar surface area (TPSA) is 75.8 Å². The first-order valence-electron chi connectivity index (χ1n) is 6.51. The number of amides is 1. The van der Waals surface area contributed by atoms with Crippen molar-refractivity contribution in [3.8, 4) is 5.75 Å². The Bertz CT molecular complexity index is 450. The Morgan fingerprint density at radius 3 is 2.95 bits per heavy atom. The van der Waals surface area contributed by atoms with Gasteiger partial charge in [0.2, 0.25) is 0 Å². The predicted molar refractivity (Wildman–Crippen MR) is 72.7 cm³/mol. The normalized spacial score (nSPS) is 23.2. The maximum atomic E-state index is 12.0. The number of aliphatic hydroxyl groups is 1. The molecule has 1 aliphatic heterocycles. The van der Waals surface area contributed by atoms with Gasteiger partial charge in [-0.05, 0) is 24.5 Å². The number of likely N-dealkylation sites (tertiary alicyclic amines) is 1. The van der Waals surface area contributed by atoms with Crippen LogP contribution in [0.1, 0.15) is 13.3 Å². The van der Waals surface area contributed by atoms with E-state index in [2.05, 4.69) is 0 Å². The summed E-state index contributed by atoms with van der Waals surface area (Å²) in [6.45, 7) is 3.00. The molecule has 104 valence electrons. The molecule has 0 aromatic heterocycles. The summed E-state index contributed by atoms with van der Waals surface area (Å²) >= 11 is 0. The van der Waals surface area contributed by atoms with Crippen molar-refractivity contribution in [1.29, 1.82) is 0 Å². The van der Waals surface area contributed by atoms with Crippen molar-refractivity contribution in [3.05, 3.63) is 24.3 Å². The molecule has 1 saturated heterocycles. The van der Waals surface area contributed by atoms with Crippen LogP contribution in [0.25, 0.3) is 0 Å². The number of nitrogen functional groups attached to an aromatic ring is 1. The molecule has 1 aliphatic rings. The lowest BCUT2D eigenvalue weighted by atomic mass is 9.96. The monoisotopic (exact) mass is 264 g/mol. The van der Waals surface area contributed by atoms with Crippen molar-refractivity contribution in [2.24, 2.45) is 5.92 Å². The number of piperidine rings is 1. The zero-order chi connectivity index (χ0) is 13.8. The lowest BCUT2D eigenvalue weighted by Gasteiger charge is -2.34. The number of carbonyl (C=O) groups is 1. The van der Waals surface area contributed by atoms with Crippen molar-refractivity contribution in [3.63, 3.8) is 0 Å². The summed E-state index contributed by atoms with van der Waals surface area (Å²) in [5.41, 5.74) is 6.25. The zero-order valence-corrected chi connectivity index (χ0v) is 11.1. The van der Waals surface area contributed by atoms with Gasteiger partial charge in [0.1, 0.15) is 5.75 Å². The molecule has 3 N–H and O–H groups in total. The van der Waals surface area contributed by atoms with E-state index in [9.17, 15) is 9.90 Å². The fraction of sp³-hybridized carbons (Fsp3) is 0.500. The Balaban J connectivity index is 1.87. The van der Waals surface area contributed by atoms with Gasteiger partial charge in [-0.2, -0.15) is 0 Å².